The first-order valence-corrected chi connectivity index (χ1v) is 8.49. The predicted octanol–water partition coefficient (Wildman–Crippen LogP) is 3.49. The second-order valence-electron chi connectivity index (χ2n) is 6.07. The van der Waals surface area contributed by atoms with Crippen molar-refractivity contribution in [2.45, 2.75) is 54.0 Å². The summed E-state index contributed by atoms with van der Waals surface area (Å²) in [4.78, 5) is 16.3. The molecule has 1 N–H and O–H groups in total. The Bertz CT molecular complexity index is 657. The molecule has 2 aromatic heterocycles. The molecule has 0 atom stereocenters. The normalized spacial score (nSPS) is 11.2. The molecule has 0 saturated heterocycles. The smallest absolute Gasteiger partial charge is 0.226 e. The lowest BCUT2D eigenvalue weighted by atomic mass is 10.1. The molecule has 2 aromatic rings. The van der Waals surface area contributed by atoms with Gasteiger partial charge in [-0.2, -0.15) is 5.10 Å². The number of nitrogens with one attached hydrogen (secondary N) is 1. The lowest BCUT2D eigenvalue weighted by molar-refractivity contribution is -0.116. The van der Waals surface area contributed by atoms with Gasteiger partial charge in [-0.15, -0.1) is 11.3 Å². The highest BCUT2D eigenvalue weighted by atomic mass is 32.1. The van der Waals surface area contributed by atoms with Crippen molar-refractivity contribution in [3.05, 3.63) is 28.0 Å². The van der Waals surface area contributed by atoms with Crippen molar-refractivity contribution < 1.29 is 4.79 Å². The van der Waals surface area contributed by atoms with Gasteiger partial charge in [0.15, 0.2) is 5.13 Å². The van der Waals surface area contributed by atoms with E-state index < -0.39 is 0 Å². The standard InChI is InChI=1S/C16H24N4OS/c1-10(2)8-20-13(5)14(12(4)19-20)6-7-15(21)18-16-17-11(3)9-22-16/h9-10H,6-8H2,1-5H3,(H,17,18,21). The van der Waals surface area contributed by atoms with Crippen LogP contribution in [-0.2, 0) is 17.8 Å². The number of rotatable bonds is 6. The quantitative estimate of drug-likeness (QED) is 0.886. The van der Waals surface area contributed by atoms with Crippen molar-refractivity contribution >= 4 is 22.4 Å². The average Bonchev–Trinajstić information content (AvgIpc) is 2.92. The highest BCUT2D eigenvalue weighted by Gasteiger charge is 2.14. The minimum Gasteiger partial charge on any atom is -0.302 e. The van der Waals surface area contributed by atoms with Gasteiger partial charge in [-0.05, 0) is 38.7 Å². The van der Waals surface area contributed by atoms with E-state index in [0.29, 0.717) is 23.9 Å². The van der Waals surface area contributed by atoms with Gasteiger partial charge in [0.1, 0.15) is 0 Å². The molecule has 5 nitrogen and oxygen atoms in total. The van der Waals surface area contributed by atoms with Crippen molar-refractivity contribution in [2.75, 3.05) is 5.32 Å². The van der Waals surface area contributed by atoms with Crippen LogP contribution in [-0.4, -0.2) is 20.7 Å². The summed E-state index contributed by atoms with van der Waals surface area (Å²) in [6.45, 7) is 11.3. The zero-order valence-electron chi connectivity index (χ0n) is 13.9. The molecule has 0 aliphatic heterocycles. The van der Waals surface area contributed by atoms with Crippen LogP contribution < -0.4 is 5.32 Å². The Balaban J connectivity index is 1.96. The summed E-state index contributed by atoms with van der Waals surface area (Å²) < 4.78 is 2.05. The van der Waals surface area contributed by atoms with Crippen LogP contribution in [0.5, 0.6) is 0 Å². The van der Waals surface area contributed by atoms with E-state index in [-0.39, 0.29) is 5.91 Å². The average molecular weight is 320 g/mol. The number of hydrogen-bond donors (Lipinski definition) is 1. The van der Waals surface area contributed by atoms with E-state index >= 15 is 0 Å². The Labute approximate surface area is 135 Å². The Kier molecular flexibility index (Phi) is 5.34. The molecular weight excluding hydrogens is 296 g/mol. The summed E-state index contributed by atoms with van der Waals surface area (Å²) in [5.41, 5.74) is 4.31. The first-order chi connectivity index (χ1) is 10.4. The Hall–Kier alpha value is -1.69. The molecule has 120 valence electrons. The van der Waals surface area contributed by atoms with Gasteiger partial charge in [-0.25, -0.2) is 4.98 Å². The first kappa shape index (κ1) is 16.7. The van der Waals surface area contributed by atoms with Crippen molar-refractivity contribution in [3.63, 3.8) is 0 Å². The lowest BCUT2D eigenvalue weighted by Crippen LogP contribution is -2.13. The molecule has 0 saturated carbocycles. The largest absolute Gasteiger partial charge is 0.302 e. The minimum atomic E-state index is 0.00441. The monoisotopic (exact) mass is 320 g/mol. The second-order valence-corrected chi connectivity index (χ2v) is 6.93. The van der Waals surface area contributed by atoms with Gasteiger partial charge in [-0.3, -0.25) is 9.48 Å². The number of thiazole rings is 1. The summed E-state index contributed by atoms with van der Waals surface area (Å²) in [6, 6.07) is 0. The summed E-state index contributed by atoms with van der Waals surface area (Å²) in [6.07, 6.45) is 1.17. The number of hydrogen-bond acceptors (Lipinski definition) is 4. The van der Waals surface area contributed by atoms with E-state index in [4.69, 9.17) is 0 Å². The molecule has 2 rings (SSSR count). The van der Waals surface area contributed by atoms with Gasteiger partial charge in [0.05, 0.1) is 11.4 Å². The highest BCUT2D eigenvalue weighted by molar-refractivity contribution is 7.13. The van der Waals surface area contributed by atoms with Crippen molar-refractivity contribution in [1.82, 2.24) is 14.8 Å². The summed E-state index contributed by atoms with van der Waals surface area (Å²) in [5, 5.41) is 10.0. The van der Waals surface area contributed by atoms with E-state index in [1.54, 1.807) is 0 Å². The maximum atomic E-state index is 12.0. The number of carbonyl (C=O) groups excluding carboxylic acids is 1. The third-order valence-corrected chi connectivity index (χ3v) is 4.41. The van der Waals surface area contributed by atoms with Gasteiger partial charge in [0.2, 0.25) is 5.91 Å². The first-order valence-electron chi connectivity index (χ1n) is 7.61. The molecule has 0 fully saturated rings. The van der Waals surface area contributed by atoms with Gasteiger partial charge in [-0.1, -0.05) is 13.8 Å². The Morgan fingerprint density at radius 3 is 2.68 bits per heavy atom. The van der Waals surface area contributed by atoms with Crippen LogP contribution >= 0.6 is 11.3 Å². The van der Waals surface area contributed by atoms with Gasteiger partial charge < -0.3 is 5.32 Å². The van der Waals surface area contributed by atoms with Crippen LogP contribution in [0.15, 0.2) is 5.38 Å². The van der Waals surface area contributed by atoms with E-state index in [0.717, 1.165) is 17.9 Å². The maximum Gasteiger partial charge on any atom is 0.226 e. The molecule has 0 spiro atoms. The van der Waals surface area contributed by atoms with Crippen molar-refractivity contribution in [1.29, 1.82) is 0 Å². The summed E-state index contributed by atoms with van der Waals surface area (Å²) >= 11 is 1.46. The van der Waals surface area contributed by atoms with Gasteiger partial charge in [0.25, 0.3) is 0 Å². The molecule has 0 aliphatic rings. The summed E-state index contributed by atoms with van der Waals surface area (Å²) in [7, 11) is 0. The van der Waals surface area contributed by atoms with Crippen LogP contribution in [0.3, 0.4) is 0 Å². The maximum absolute atomic E-state index is 12.0. The van der Waals surface area contributed by atoms with Gasteiger partial charge >= 0.3 is 0 Å². The number of nitrogens with zero attached hydrogens (tertiary/aromatic N) is 3. The van der Waals surface area contributed by atoms with Crippen molar-refractivity contribution in [3.8, 4) is 0 Å². The lowest BCUT2D eigenvalue weighted by Gasteiger charge is -2.08. The molecule has 0 radical (unpaired) electrons. The number of aromatic nitrogens is 3. The van der Waals surface area contributed by atoms with Gasteiger partial charge in [0, 0.05) is 24.0 Å². The molecule has 2 heterocycles. The van der Waals surface area contributed by atoms with Crippen LogP contribution in [0.1, 0.15) is 42.9 Å². The number of amides is 1. The van der Waals surface area contributed by atoms with E-state index in [9.17, 15) is 4.79 Å². The van der Waals surface area contributed by atoms with E-state index in [1.165, 1.54) is 22.6 Å². The molecule has 0 bridgehead atoms. The molecule has 0 unspecified atom stereocenters. The van der Waals surface area contributed by atoms with Crippen LogP contribution in [0.25, 0.3) is 0 Å². The number of carbonyl (C=O) groups is 1. The number of anilines is 1. The predicted molar refractivity (Wildman–Crippen MR) is 90.3 cm³/mol. The number of aryl methyl sites for hydroxylation is 2. The fraction of sp³-hybridized carbons (Fsp3) is 0.562. The van der Waals surface area contributed by atoms with E-state index in [2.05, 4.69) is 40.9 Å². The zero-order chi connectivity index (χ0) is 16.3. The molecule has 0 aromatic carbocycles. The topological polar surface area (TPSA) is 59.8 Å². The molecule has 1 amide bonds. The minimum absolute atomic E-state index is 0.00441. The van der Waals surface area contributed by atoms with Crippen LogP contribution in [0.2, 0.25) is 0 Å². The Morgan fingerprint density at radius 1 is 1.36 bits per heavy atom. The molecular formula is C16H24N4OS. The third kappa shape index (κ3) is 4.16. The third-order valence-electron chi connectivity index (χ3n) is 3.54. The Morgan fingerprint density at radius 2 is 2.09 bits per heavy atom. The van der Waals surface area contributed by atoms with Crippen LogP contribution in [0, 0.1) is 26.7 Å². The fourth-order valence-corrected chi connectivity index (χ4v) is 3.16. The second kappa shape index (κ2) is 7.05. The highest BCUT2D eigenvalue weighted by Crippen LogP contribution is 2.18. The molecule has 6 heteroatoms. The summed E-state index contributed by atoms with van der Waals surface area (Å²) in [5.74, 6) is 0.562. The van der Waals surface area contributed by atoms with Crippen molar-refractivity contribution in [2.24, 2.45) is 5.92 Å². The molecule has 22 heavy (non-hydrogen) atoms. The zero-order valence-corrected chi connectivity index (χ0v) is 14.8. The van der Waals surface area contributed by atoms with Crippen LogP contribution in [0.4, 0.5) is 5.13 Å². The fourth-order valence-electron chi connectivity index (χ4n) is 2.45. The molecule has 0 aliphatic carbocycles. The van der Waals surface area contributed by atoms with E-state index in [1.807, 2.05) is 19.2 Å². The SMILES string of the molecule is Cc1csc(NC(=O)CCc2c(C)nn(CC(C)C)c2C)n1.